The predicted octanol–water partition coefficient (Wildman–Crippen LogP) is 2.64. The average molecular weight is 212 g/mol. The average Bonchev–Trinajstić information content (AvgIpc) is 2.64. The molecular weight excluding hydrogens is 198 g/mol. The Kier molecular flexibility index (Phi) is 2.94. The molecule has 1 saturated heterocycles. The van der Waals surface area contributed by atoms with Gasteiger partial charge >= 0.3 is 0 Å². The van der Waals surface area contributed by atoms with E-state index < -0.39 is 0 Å². The Morgan fingerprint density at radius 2 is 2.36 bits per heavy atom. The summed E-state index contributed by atoms with van der Waals surface area (Å²) < 4.78 is 5.55. The molecule has 0 aromatic heterocycles. The van der Waals surface area contributed by atoms with Crippen LogP contribution in [0.15, 0.2) is 18.2 Å². The van der Waals surface area contributed by atoms with Crippen molar-refractivity contribution in [3.63, 3.8) is 0 Å². The van der Waals surface area contributed by atoms with Crippen molar-refractivity contribution in [1.82, 2.24) is 0 Å². The van der Waals surface area contributed by atoms with Crippen molar-refractivity contribution in [2.45, 2.75) is 25.4 Å². The summed E-state index contributed by atoms with van der Waals surface area (Å²) in [5.41, 5.74) is 7.76. The van der Waals surface area contributed by atoms with E-state index in [0.717, 1.165) is 42.1 Å². The summed E-state index contributed by atoms with van der Waals surface area (Å²) >= 11 is 5.91. The molecule has 1 aromatic carbocycles. The summed E-state index contributed by atoms with van der Waals surface area (Å²) in [6, 6.07) is 5.60. The first-order chi connectivity index (χ1) is 6.75. The SMILES string of the molecule is Nc1ccc(Cl)cc1CC1CCCO1. The minimum absolute atomic E-state index is 0.329. The van der Waals surface area contributed by atoms with E-state index in [0.29, 0.717) is 6.10 Å². The highest BCUT2D eigenvalue weighted by Gasteiger charge is 2.16. The quantitative estimate of drug-likeness (QED) is 0.764. The van der Waals surface area contributed by atoms with E-state index in [1.807, 2.05) is 18.2 Å². The molecule has 0 amide bonds. The zero-order valence-electron chi connectivity index (χ0n) is 8.00. The van der Waals surface area contributed by atoms with Gasteiger partial charge in [0.2, 0.25) is 0 Å². The molecule has 0 aliphatic carbocycles. The molecule has 0 radical (unpaired) electrons. The van der Waals surface area contributed by atoms with E-state index in [2.05, 4.69) is 0 Å². The van der Waals surface area contributed by atoms with Gasteiger partial charge in [0, 0.05) is 23.7 Å². The molecule has 1 fully saturated rings. The van der Waals surface area contributed by atoms with E-state index in [4.69, 9.17) is 22.1 Å². The number of rotatable bonds is 2. The molecule has 0 bridgehead atoms. The van der Waals surface area contributed by atoms with Crippen molar-refractivity contribution in [2.75, 3.05) is 12.3 Å². The standard InChI is InChI=1S/C11H14ClNO/c12-9-3-4-11(13)8(6-9)7-10-2-1-5-14-10/h3-4,6,10H,1-2,5,7,13H2. The number of hydrogen-bond acceptors (Lipinski definition) is 2. The van der Waals surface area contributed by atoms with Crippen LogP contribution < -0.4 is 5.73 Å². The van der Waals surface area contributed by atoms with Crippen molar-refractivity contribution in [3.8, 4) is 0 Å². The number of benzene rings is 1. The van der Waals surface area contributed by atoms with Crippen LogP contribution in [0.3, 0.4) is 0 Å². The second kappa shape index (κ2) is 4.20. The van der Waals surface area contributed by atoms with E-state index in [-0.39, 0.29) is 0 Å². The van der Waals surface area contributed by atoms with Gasteiger partial charge in [-0.15, -0.1) is 0 Å². The van der Waals surface area contributed by atoms with Crippen molar-refractivity contribution in [1.29, 1.82) is 0 Å². The van der Waals surface area contributed by atoms with Gasteiger partial charge < -0.3 is 10.5 Å². The van der Waals surface area contributed by atoms with Gasteiger partial charge in [-0.25, -0.2) is 0 Å². The molecule has 1 heterocycles. The van der Waals surface area contributed by atoms with Gasteiger partial charge in [0.05, 0.1) is 6.10 Å². The first-order valence-electron chi connectivity index (χ1n) is 4.91. The highest BCUT2D eigenvalue weighted by atomic mass is 35.5. The Morgan fingerprint density at radius 3 is 3.07 bits per heavy atom. The molecule has 76 valence electrons. The molecule has 1 atom stereocenters. The summed E-state index contributed by atoms with van der Waals surface area (Å²) in [6.45, 7) is 0.880. The van der Waals surface area contributed by atoms with Crippen LogP contribution in [0.2, 0.25) is 5.02 Å². The Bertz CT molecular complexity index is 321. The number of anilines is 1. The van der Waals surface area contributed by atoms with Crippen LogP contribution in [0, 0.1) is 0 Å². The van der Waals surface area contributed by atoms with Crippen LogP contribution in [0.4, 0.5) is 5.69 Å². The maximum Gasteiger partial charge on any atom is 0.0617 e. The van der Waals surface area contributed by atoms with Crippen LogP contribution in [-0.4, -0.2) is 12.7 Å². The van der Waals surface area contributed by atoms with Gasteiger partial charge in [0.25, 0.3) is 0 Å². The molecule has 0 spiro atoms. The molecular formula is C11H14ClNO. The highest BCUT2D eigenvalue weighted by Crippen LogP contribution is 2.23. The van der Waals surface area contributed by atoms with Crippen LogP contribution in [0.5, 0.6) is 0 Å². The maximum absolute atomic E-state index is 5.91. The number of hydrogen-bond donors (Lipinski definition) is 1. The second-order valence-electron chi connectivity index (χ2n) is 3.68. The number of nitrogen functional groups attached to an aromatic ring is 1. The molecule has 1 unspecified atom stereocenters. The van der Waals surface area contributed by atoms with Crippen molar-refractivity contribution < 1.29 is 4.74 Å². The molecule has 1 aliphatic heterocycles. The molecule has 2 nitrogen and oxygen atoms in total. The lowest BCUT2D eigenvalue weighted by molar-refractivity contribution is 0.111. The molecule has 1 aliphatic rings. The third kappa shape index (κ3) is 2.20. The predicted molar refractivity (Wildman–Crippen MR) is 58.5 cm³/mol. The zero-order chi connectivity index (χ0) is 9.97. The van der Waals surface area contributed by atoms with Crippen molar-refractivity contribution >= 4 is 17.3 Å². The van der Waals surface area contributed by atoms with Gasteiger partial charge in [0.1, 0.15) is 0 Å². The van der Waals surface area contributed by atoms with Crippen molar-refractivity contribution in [3.05, 3.63) is 28.8 Å². The van der Waals surface area contributed by atoms with Gasteiger partial charge in [-0.05, 0) is 36.6 Å². The summed E-state index contributed by atoms with van der Waals surface area (Å²) in [4.78, 5) is 0. The molecule has 0 saturated carbocycles. The van der Waals surface area contributed by atoms with Crippen LogP contribution in [0.25, 0.3) is 0 Å². The third-order valence-electron chi connectivity index (χ3n) is 2.58. The smallest absolute Gasteiger partial charge is 0.0617 e. The lowest BCUT2D eigenvalue weighted by Gasteiger charge is -2.11. The Balaban J connectivity index is 2.10. The normalized spacial score (nSPS) is 21.4. The highest BCUT2D eigenvalue weighted by molar-refractivity contribution is 6.30. The maximum atomic E-state index is 5.91. The Morgan fingerprint density at radius 1 is 1.50 bits per heavy atom. The Hall–Kier alpha value is -0.730. The summed E-state index contributed by atoms with van der Waals surface area (Å²) in [5, 5.41) is 0.743. The minimum atomic E-state index is 0.329. The molecule has 3 heteroatoms. The molecule has 2 rings (SSSR count). The van der Waals surface area contributed by atoms with Crippen molar-refractivity contribution in [2.24, 2.45) is 0 Å². The zero-order valence-corrected chi connectivity index (χ0v) is 8.76. The van der Waals surface area contributed by atoms with Gasteiger partial charge in [-0.2, -0.15) is 0 Å². The summed E-state index contributed by atoms with van der Waals surface area (Å²) in [7, 11) is 0. The van der Waals surface area contributed by atoms with E-state index in [9.17, 15) is 0 Å². The van der Waals surface area contributed by atoms with E-state index in [1.165, 1.54) is 0 Å². The van der Waals surface area contributed by atoms with Crippen LogP contribution in [-0.2, 0) is 11.2 Å². The molecule has 1 aromatic rings. The fraction of sp³-hybridized carbons (Fsp3) is 0.455. The Labute approximate surface area is 89.0 Å². The fourth-order valence-electron chi connectivity index (χ4n) is 1.80. The van der Waals surface area contributed by atoms with E-state index in [1.54, 1.807) is 0 Å². The third-order valence-corrected chi connectivity index (χ3v) is 2.81. The largest absolute Gasteiger partial charge is 0.399 e. The number of halogens is 1. The molecule has 14 heavy (non-hydrogen) atoms. The monoisotopic (exact) mass is 211 g/mol. The first kappa shape index (κ1) is 9.81. The van der Waals surface area contributed by atoms with Crippen LogP contribution in [0.1, 0.15) is 18.4 Å². The molecule has 2 N–H and O–H groups in total. The fourth-order valence-corrected chi connectivity index (χ4v) is 2.00. The lowest BCUT2D eigenvalue weighted by atomic mass is 10.0. The second-order valence-corrected chi connectivity index (χ2v) is 4.12. The van der Waals surface area contributed by atoms with Gasteiger partial charge in [0.15, 0.2) is 0 Å². The summed E-state index contributed by atoms with van der Waals surface area (Å²) in [6.07, 6.45) is 3.50. The van der Waals surface area contributed by atoms with Gasteiger partial charge in [-0.1, -0.05) is 11.6 Å². The minimum Gasteiger partial charge on any atom is -0.399 e. The van der Waals surface area contributed by atoms with Gasteiger partial charge in [-0.3, -0.25) is 0 Å². The number of nitrogens with two attached hydrogens (primary N) is 1. The number of ether oxygens (including phenoxy) is 1. The van der Waals surface area contributed by atoms with Crippen LogP contribution >= 0.6 is 11.6 Å². The lowest BCUT2D eigenvalue weighted by Crippen LogP contribution is -2.10. The van der Waals surface area contributed by atoms with E-state index >= 15 is 0 Å². The topological polar surface area (TPSA) is 35.2 Å². The first-order valence-corrected chi connectivity index (χ1v) is 5.29. The summed E-state index contributed by atoms with van der Waals surface area (Å²) in [5.74, 6) is 0.